The second-order valence-corrected chi connectivity index (χ2v) is 4.47. The number of carbonyl (C=O) groups is 1. The number of carboxylic acid groups (broad SMARTS) is 1. The molecule has 17 heavy (non-hydrogen) atoms. The highest BCUT2D eigenvalue weighted by atomic mass is 79.9. The Kier molecular flexibility index (Phi) is 5.44. The van der Waals surface area contributed by atoms with Crippen molar-refractivity contribution in [2.24, 2.45) is 0 Å². The molecular formula is C12H16BrNO3. The van der Waals surface area contributed by atoms with Gasteiger partial charge in [0.05, 0.1) is 4.47 Å². The average Bonchev–Trinajstić information content (AvgIpc) is 2.28. The van der Waals surface area contributed by atoms with Crippen molar-refractivity contribution in [3.63, 3.8) is 0 Å². The van der Waals surface area contributed by atoms with Gasteiger partial charge in [-0.15, -0.1) is 0 Å². The lowest BCUT2D eigenvalue weighted by molar-refractivity contribution is -0.145. The van der Waals surface area contributed by atoms with Gasteiger partial charge in [-0.3, -0.25) is 0 Å². The quantitative estimate of drug-likeness (QED) is 0.847. The van der Waals surface area contributed by atoms with Gasteiger partial charge in [-0.1, -0.05) is 19.1 Å². The number of nitrogens with one attached hydrogen (secondary N) is 1. The van der Waals surface area contributed by atoms with Crippen molar-refractivity contribution in [1.82, 2.24) is 5.32 Å². The summed E-state index contributed by atoms with van der Waals surface area (Å²) in [6.07, 6.45) is -0.389. The lowest BCUT2D eigenvalue weighted by atomic mass is 10.2. The predicted molar refractivity (Wildman–Crippen MR) is 69.2 cm³/mol. The fourth-order valence-corrected chi connectivity index (χ4v) is 1.97. The number of halogens is 1. The Morgan fingerprint density at radius 2 is 2.29 bits per heavy atom. The lowest BCUT2D eigenvalue weighted by Gasteiger charge is -2.17. The minimum atomic E-state index is -0.946. The third-order valence-corrected chi connectivity index (χ3v) is 2.95. The van der Waals surface area contributed by atoms with Gasteiger partial charge in [0.1, 0.15) is 5.75 Å². The zero-order valence-corrected chi connectivity index (χ0v) is 11.5. The molecule has 0 saturated heterocycles. The molecule has 0 bridgehead atoms. The smallest absolute Gasteiger partial charge is 0.344 e. The molecule has 2 N–H and O–H groups in total. The molecule has 0 spiro atoms. The Balaban J connectivity index is 2.98. The molecule has 0 amide bonds. The first-order valence-corrected chi connectivity index (χ1v) is 6.20. The van der Waals surface area contributed by atoms with Crippen molar-refractivity contribution in [3.8, 4) is 5.75 Å². The summed E-state index contributed by atoms with van der Waals surface area (Å²) in [5.74, 6) is -0.352. The van der Waals surface area contributed by atoms with E-state index in [1.165, 1.54) is 0 Å². The van der Waals surface area contributed by atoms with E-state index in [0.29, 0.717) is 18.7 Å². The molecule has 0 saturated carbocycles. The summed E-state index contributed by atoms with van der Waals surface area (Å²) in [4.78, 5) is 11.0. The first kappa shape index (κ1) is 14.0. The van der Waals surface area contributed by atoms with Gasteiger partial charge >= 0.3 is 5.97 Å². The maximum absolute atomic E-state index is 11.0. The van der Waals surface area contributed by atoms with E-state index in [1.807, 2.05) is 25.2 Å². The topological polar surface area (TPSA) is 58.6 Å². The summed E-state index contributed by atoms with van der Waals surface area (Å²) < 4.78 is 6.32. The third-order valence-electron chi connectivity index (χ3n) is 2.32. The largest absolute Gasteiger partial charge is 0.479 e. The Hall–Kier alpha value is -1.07. The van der Waals surface area contributed by atoms with Crippen molar-refractivity contribution in [2.75, 3.05) is 7.05 Å². The third kappa shape index (κ3) is 3.71. The first-order chi connectivity index (χ1) is 8.10. The van der Waals surface area contributed by atoms with Crippen molar-refractivity contribution in [1.29, 1.82) is 0 Å². The molecule has 5 heteroatoms. The van der Waals surface area contributed by atoms with Crippen molar-refractivity contribution < 1.29 is 14.6 Å². The molecule has 94 valence electrons. The van der Waals surface area contributed by atoms with E-state index in [-0.39, 0.29) is 0 Å². The highest BCUT2D eigenvalue weighted by Gasteiger charge is 2.19. The molecule has 0 aliphatic carbocycles. The summed E-state index contributed by atoms with van der Waals surface area (Å²) >= 11 is 3.38. The molecule has 0 aliphatic rings. The molecule has 1 unspecified atom stereocenters. The predicted octanol–water partition coefficient (Wildman–Crippen LogP) is 2.41. The number of benzene rings is 1. The summed E-state index contributed by atoms with van der Waals surface area (Å²) in [5, 5.41) is 12.0. The first-order valence-electron chi connectivity index (χ1n) is 5.41. The van der Waals surface area contributed by atoms with E-state index in [1.54, 1.807) is 6.92 Å². The van der Waals surface area contributed by atoms with Crippen molar-refractivity contribution >= 4 is 21.9 Å². The monoisotopic (exact) mass is 301 g/mol. The number of aliphatic carboxylic acids is 1. The molecule has 0 aliphatic heterocycles. The van der Waals surface area contributed by atoms with Gasteiger partial charge in [-0.05, 0) is 35.5 Å². The van der Waals surface area contributed by atoms with Crippen LogP contribution in [0.2, 0.25) is 0 Å². The maximum atomic E-state index is 11.0. The van der Waals surface area contributed by atoms with Crippen LogP contribution in [0.4, 0.5) is 0 Å². The van der Waals surface area contributed by atoms with Crippen LogP contribution in [0.1, 0.15) is 18.9 Å². The molecule has 4 nitrogen and oxygen atoms in total. The summed E-state index contributed by atoms with van der Waals surface area (Å²) in [5.41, 5.74) is 0.932. The summed E-state index contributed by atoms with van der Waals surface area (Å²) in [6.45, 7) is 2.41. The van der Waals surface area contributed by atoms with Gasteiger partial charge in [-0.2, -0.15) is 0 Å². The van der Waals surface area contributed by atoms with Crippen molar-refractivity contribution in [2.45, 2.75) is 26.0 Å². The van der Waals surface area contributed by atoms with Gasteiger partial charge in [0.15, 0.2) is 6.10 Å². The van der Waals surface area contributed by atoms with Crippen LogP contribution < -0.4 is 10.1 Å². The van der Waals surface area contributed by atoms with E-state index in [9.17, 15) is 4.79 Å². The fraction of sp³-hybridized carbons (Fsp3) is 0.417. The second-order valence-electron chi connectivity index (χ2n) is 3.61. The Morgan fingerprint density at radius 1 is 1.59 bits per heavy atom. The Bertz CT molecular complexity index is 395. The number of ether oxygens (including phenoxy) is 1. The van der Waals surface area contributed by atoms with Gasteiger partial charge in [0, 0.05) is 12.1 Å². The van der Waals surface area contributed by atoms with E-state index in [2.05, 4.69) is 21.2 Å². The highest BCUT2D eigenvalue weighted by Crippen LogP contribution is 2.30. The summed E-state index contributed by atoms with van der Waals surface area (Å²) in [6, 6.07) is 5.64. The number of hydrogen-bond acceptors (Lipinski definition) is 3. The maximum Gasteiger partial charge on any atom is 0.344 e. The molecule has 1 aromatic carbocycles. The number of rotatable bonds is 6. The number of para-hydroxylation sites is 1. The van der Waals surface area contributed by atoms with Crippen LogP contribution >= 0.6 is 15.9 Å². The molecule has 0 radical (unpaired) electrons. The lowest BCUT2D eigenvalue weighted by Crippen LogP contribution is -2.26. The van der Waals surface area contributed by atoms with E-state index in [4.69, 9.17) is 9.84 Å². The minimum absolute atomic E-state index is 0.426. The van der Waals surface area contributed by atoms with Crippen LogP contribution in [0, 0.1) is 0 Å². The van der Waals surface area contributed by atoms with Crippen LogP contribution in [0.15, 0.2) is 22.7 Å². The Morgan fingerprint density at radius 3 is 2.82 bits per heavy atom. The molecule has 0 heterocycles. The normalized spacial score (nSPS) is 12.2. The number of carboxylic acids is 1. The van der Waals surface area contributed by atoms with Gasteiger partial charge in [-0.25, -0.2) is 4.79 Å². The standard InChI is InChI=1S/C12H16BrNO3/c1-3-10(12(15)16)17-11-8(7-14-2)5-4-6-9(11)13/h4-6,10,14H,3,7H2,1-2H3,(H,15,16). The molecule has 0 aromatic heterocycles. The molecular weight excluding hydrogens is 286 g/mol. The van der Waals surface area contributed by atoms with Crippen LogP contribution in [0.3, 0.4) is 0 Å². The number of hydrogen-bond donors (Lipinski definition) is 2. The van der Waals surface area contributed by atoms with Crippen molar-refractivity contribution in [3.05, 3.63) is 28.2 Å². The second kappa shape index (κ2) is 6.61. The average molecular weight is 302 g/mol. The van der Waals surface area contributed by atoms with Gasteiger partial charge in [0.25, 0.3) is 0 Å². The van der Waals surface area contributed by atoms with E-state index < -0.39 is 12.1 Å². The Labute approximate surface area is 109 Å². The van der Waals surface area contributed by atoms with E-state index >= 15 is 0 Å². The zero-order chi connectivity index (χ0) is 12.8. The van der Waals surface area contributed by atoms with Crippen LogP contribution in [0.5, 0.6) is 5.75 Å². The summed E-state index contributed by atoms with van der Waals surface area (Å²) in [7, 11) is 1.83. The zero-order valence-electron chi connectivity index (χ0n) is 9.87. The fourth-order valence-electron chi connectivity index (χ4n) is 1.47. The SMILES string of the molecule is CCC(Oc1c(Br)cccc1CNC)C(=O)O. The van der Waals surface area contributed by atoms with Crippen LogP contribution in [-0.2, 0) is 11.3 Å². The highest BCUT2D eigenvalue weighted by molar-refractivity contribution is 9.10. The molecule has 1 aromatic rings. The minimum Gasteiger partial charge on any atom is -0.479 e. The molecule has 1 atom stereocenters. The van der Waals surface area contributed by atoms with E-state index in [0.717, 1.165) is 10.0 Å². The van der Waals surface area contributed by atoms with Crippen LogP contribution in [-0.4, -0.2) is 24.2 Å². The van der Waals surface area contributed by atoms with Crippen LogP contribution in [0.25, 0.3) is 0 Å². The van der Waals surface area contributed by atoms with Gasteiger partial charge < -0.3 is 15.2 Å². The molecule has 1 rings (SSSR count). The van der Waals surface area contributed by atoms with Gasteiger partial charge in [0.2, 0.25) is 0 Å². The molecule has 0 fully saturated rings.